The summed E-state index contributed by atoms with van der Waals surface area (Å²) in [6, 6.07) is 3.47. The maximum Gasteiger partial charge on any atom is 0.416 e. The van der Waals surface area contributed by atoms with E-state index in [-0.39, 0.29) is 18.0 Å². The van der Waals surface area contributed by atoms with Gasteiger partial charge in [-0.2, -0.15) is 13.2 Å². The smallest absolute Gasteiger partial charge is 0.416 e. The molecule has 8 heteroatoms. The molecule has 1 aromatic rings. The van der Waals surface area contributed by atoms with Crippen LogP contribution in [0.2, 0.25) is 0 Å². The Morgan fingerprint density at radius 2 is 1.83 bits per heavy atom. The standard InChI is InChI=1S/C16H20BrF3N2O2/c1-15(2,3)13-9-21(4-5-22(13)14(23)24)12-7-10(16(18,19)20)6-11(17)8-12/h6-8,13H,4-5,9H2,1-3H3,(H,23,24). The molecule has 2 rings (SSSR count). The Kier molecular flexibility index (Phi) is 5.09. The minimum absolute atomic E-state index is 0.255. The van der Waals surface area contributed by atoms with Gasteiger partial charge in [-0.25, -0.2) is 4.79 Å². The van der Waals surface area contributed by atoms with E-state index in [1.165, 1.54) is 4.90 Å². The van der Waals surface area contributed by atoms with Crippen molar-refractivity contribution >= 4 is 27.7 Å². The number of nitrogens with zero attached hydrogens (tertiary/aromatic N) is 2. The van der Waals surface area contributed by atoms with E-state index in [9.17, 15) is 23.1 Å². The molecule has 1 unspecified atom stereocenters. The Morgan fingerprint density at radius 1 is 1.21 bits per heavy atom. The van der Waals surface area contributed by atoms with Crippen LogP contribution >= 0.6 is 15.9 Å². The molecule has 0 aromatic heterocycles. The van der Waals surface area contributed by atoms with Crippen molar-refractivity contribution in [2.75, 3.05) is 24.5 Å². The van der Waals surface area contributed by atoms with Crippen LogP contribution in [0, 0.1) is 5.41 Å². The summed E-state index contributed by atoms with van der Waals surface area (Å²) in [7, 11) is 0. The first-order valence-corrected chi connectivity index (χ1v) is 8.31. The highest BCUT2D eigenvalue weighted by Crippen LogP contribution is 2.36. The van der Waals surface area contributed by atoms with E-state index in [4.69, 9.17) is 0 Å². The molecule has 1 saturated heterocycles. The largest absolute Gasteiger partial charge is 0.465 e. The van der Waals surface area contributed by atoms with Crippen LogP contribution in [0.5, 0.6) is 0 Å². The van der Waals surface area contributed by atoms with Crippen molar-refractivity contribution in [3.8, 4) is 0 Å². The molecule has 134 valence electrons. The van der Waals surface area contributed by atoms with Crippen LogP contribution in [0.25, 0.3) is 0 Å². The average Bonchev–Trinajstić information content (AvgIpc) is 2.44. The molecule has 1 aliphatic heterocycles. The minimum Gasteiger partial charge on any atom is -0.465 e. The van der Waals surface area contributed by atoms with Crippen LogP contribution in [-0.2, 0) is 6.18 Å². The zero-order valence-corrected chi connectivity index (χ0v) is 15.3. The number of amides is 1. The number of alkyl halides is 3. The van der Waals surface area contributed by atoms with Gasteiger partial charge in [-0.15, -0.1) is 0 Å². The lowest BCUT2D eigenvalue weighted by Crippen LogP contribution is -2.59. The third-order valence-corrected chi connectivity index (χ3v) is 4.66. The lowest BCUT2D eigenvalue weighted by atomic mass is 9.84. The Morgan fingerprint density at radius 3 is 2.33 bits per heavy atom. The topological polar surface area (TPSA) is 43.8 Å². The summed E-state index contributed by atoms with van der Waals surface area (Å²) in [4.78, 5) is 14.6. The molecule has 1 atom stereocenters. The molecule has 0 spiro atoms. The van der Waals surface area contributed by atoms with E-state index in [0.717, 1.165) is 12.1 Å². The van der Waals surface area contributed by atoms with Crippen LogP contribution in [0.15, 0.2) is 22.7 Å². The summed E-state index contributed by atoms with van der Waals surface area (Å²) < 4.78 is 39.4. The first kappa shape index (κ1) is 18.9. The van der Waals surface area contributed by atoms with Gasteiger partial charge < -0.3 is 14.9 Å². The second-order valence-electron chi connectivity index (χ2n) is 7.00. The Labute approximate surface area is 147 Å². The molecule has 1 N–H and O–H groups in total. The Bertz CT molecular complexity index is 629. The zero-order valence-electron chi connectivity index (χ0n) is 13.7. The van der Waals surface area contributed by atoms with Crippen LogP contribution in [0.4, 0.5) is 23.7 Å². The molecule has 1 heterocycles. The predicted octanol–water partition coefficient (Wildman–Crippen LogP) is 4.68. The molecule has 1 aromatic carbocycles. The SMILES string of the molecule is CC(C)(C)C1CN(c2cc(Br)cc(C(F)(F)F)c2)CCN1C(=O)O. The van der Waals surface area contributed by atoms with Gasteiger partial charge in [0.1, 0.15) is 0 Å². The van der Waals surface area contributed by atoms with Crippen LogP contribution in [-0.4, -0.2) is 41.8 Å². The van der Waals surface area contributed by atoms with Gasteiger partial charge in [-0.05, 0) is 23.6 Å². The summed E-state index contributed by atoms with van der Waals surface area (Å²) in [5.41, 5.74) is -0.605. The second kappa shape index (κ2) is 6.46. The van der Waals surface area contributed by atoms with Gasteiger partial charge in [0.05, 0.1) is 11.6 Å². The highest BCUT2D eigenvalue weighted by molar-refractivity contribution is 9.10. The minimum atomic E-state index is -4.43. The maximum atomic E-state index is 13.0. The van der Waals surface area contributed by atoms with Gasteiger partial charge in [0.25, 0.3) is 0 Å². The van der Waals surface area contributed by atoms with Crippen molar-refractivity contribution in [2.45, 2.75) is 33.0 Å². The van der Waals surface area contributed by atoms with E-state index in [1.807, 2.05) is 25.7 Å². The first-order valence-electron chi connectivity index (χ1n) is 7.52. The van der Waals surface area contributed by atoms with Gasteiger partial charge >= 0.3 is 12.3 Å². The summed E-state index contributed by atoms with van der Waals surface area (Å²) in [5.74, 6) is 0. The van der Waals surface area contributed by atoms with Crippen molar-refractivity contribution in [3.63, 3.8) is 0 Å². The Hall–Kier alpha value is -1.44. The molecule has 0 aliphatic carbocycles. The third kappa shape index (κ3) is 4.15. The van der Waals surface area contributed by atoms with E-state index in [1.54, 1.807) is 6.07 Å². The van der Waals surface area contributed by atoms with Crippen LogP contribution in [0.1, 0.15) is 26.3 Å². The number of carboxylic acid groups (broad SMARTS) is 1. The highest BCUT2D eigenvalue weighted by Gasteiger charge is 2.39. The molecule has 24 heavy (non-hydrogen) atoms. The lowest BCUT2D eigenvalue weighted by Gasteiger charge is -2.46. The van der Waals surface area contributed by atoms with Crippen molar-refractivity contribution in [1.29, 1.82) is 0 Å². The predicted molar refractivity (Wildman–Crippen MR) is 89.3 cm³/mol. The zero-order chi connectivity index (χ0) is 18.3. The number of rotatable bonds is 1. The summed E-state index contributed by atoms with van der Waals surface area (Å²) in [5, 5.41) is 9.37. The fraction of sp³-hybridized carbons (Fsp3) is 0.562. The number of anilines is 1. The molecular formula is C16H20BrF3N2O2. The van der Waals surface area contributed by atoms with E-state index >= 15 is 0 Å². The average molecular weight is 409 g/mol. The van der Waals surface area contributed by atoms with Crippen molar-refractivity contribution in [1.82, 2.24) is 4.90 Å². The third-order valence-electron chi connectivity index (χ3n) is 4.20. The maximum absolute atomic E-state index is 13.0. The molecule has 1 fully saturated rings. The van der Waals surface area contributed by atoms with Crippen LogP contribution in [0.3, 0.4) is 0 Å². The summed E-state index contributed by atoms with van der Waals surface area (Å²) in [6.07, 6.45) is -5.43. The van der Waals surface area contributed by atoms with Crippen molar-refractivity contribution < 1.29 is 23.1 Å². The molecule has 0 bridgehead atoms. The van der Waals surface area contributed by atoms with E-state index in [0.29, 0.717) is 23.2 Å². The quantitative estimate of drug-likeness (QED) is 0.733. The molecule has 1 aliphatic rings. The molecular weight excluding hydrogens is 389 g/mol. The number of benzene rings is 1. The van der Waals surface area contributed by atoms with Crippen LogP contribution < -0.4 is 4.90 Å². The Balaban J connectivity index is 2.34. The van der Waals surface area contributed by atoms with Gasteiger partial charge in [0.2, 0.25) is 0 Å². The number of carbonyl (C=O) groups is 1. The monoisotopic (exact) mass is 408 g/mol. The number of piperazine rings is 1. The first-order chi connectivity index (χ1) is 10.9. The van der Waals surface area contributed by atoms with Gasteiger partial charge in [0, 0.05) is 29.8 Å². The lowest BCUT2D eigenvalue weighted by molar-refractivity contribution is -0.137. The van der Waals surface area contributed by atoms with Crippen molar-refractivity contribution in [3.05, 3.63) is 28.2 Å². The highest BCUT2D eigenvalue weighted by atomic mass is 79.9. The number of hydrogen-bond donors (Lipinski definition) is 1. The van der Waals surface area contributed by atoms with E-state index in [2.05, 4.69) is 15.9 Å². The summed E-state index contributed by atoms with van der Waals surface area (Å²) in [6.45, 7) is 6.75. The number of halogens is 4. The second-order valence-corrected chi connectivity index (χ2v) is 7.92. The molecule has 0 saturated carbocycles. The van der Waals surface area contributed by atoms with Gasteiger partial charge in [-0.3, -0.25) is 0 Å². The molecule has 4 nitrogen and oxygen atoms in total. The van der Waals surface area contributed by atoms with E-state index < -0.39 is 17.8 Å². The molecule has 1 amide bonds. The van der Waals surface area contributed by atoms with Gasteiger partial charge in [0.15, 0.2) is 0 Å². The fourth-order valence-electron chi connectivity index (χ4n) is 2.91. The fourth-order valence-corrected chi connectivity index (χ4v) is 3.39. The summed E-state index contributed by atoms with van der Waals surface area (Å²) >= 11 is 3.13. The number of hydrogen-bond acceptors (Lipinski definition) is 2. The normalized spacial score (nSPS) is 19.5. The van der Waals surface area contributed by atoms with Gasteiger partial charge in [-0.1, -0.05) is 36.7 Å². The molecule has 0 radical (unpaired) electrons. The van der Waals surface area contributed by atoms with Crippen molar-refractivity contribution in [2.24, 2.45) is 5.41 Å².